The van der Waals surface area contributed by atoms with Gasteiger partial charge < -0.3 is 18.9 Å². The molecule has 0 unspecified atom stereocenters. The van der Waals surface area contributed by atoms with Crippen molar-refractivity contribution < 1.29 is 31.5 Å². The Balaban J connectivity index is 1.96. The van der Waals surface area contributed by atoms with Crippen LogP contribution in [0.1, 0.15) is 37.5 Å². The molecule has 0 amide bonds. The van der Waals surface area contributed by atoms with Crippen molar-refractivity contribution in [1.29, 1.82) is 0 Å². The Morgan fingerprint density at radius 3 is 1.15 bits per heavy atom. The molecular formula is C32H34O7S. The molecule has 0 radical (unpaired) electrons. The van der Waals surface area contributed by atoms with Gasteiger partial charge in [-0.15, -0.1) is 0 Å². The first-order valence-corrected chi connectivity index (χ1v) is 14.6. The molecule has 0 atom stereocenters. The minimum atomic E-state index is -4.30. The zero-order chi connectivity index (χ0) is 28.6. The molecule has 7 nitrogen and oxygen atoms in total. The third-order valence-corrected chi connectivity index (χ3v) is 7.62. The Labute approximate surface area is 236 Å². The molecule has 0 aromatic heterocycles. The first kappa shape index (κ1) is 29.0. The summed E-state index contributed by atoms with van der Waals surface area (Å²) < 4.78 is 56.4. The fourth-order valence-electron chi connectivity index (χ4n) is 4.46. The zero-order valence-corrected chi connectivity index (χ0v) is 23.9. The van der Waals surface area contributed by atoms with Gasteiger partial charge in [0.15, 0.2) is 5.60 Å². The average molecular weight is 563 g/mol. The van der Waals surface area contributed by atoms with Crippen molar-refractivity contribution in [3.63, 3.8) is 0 Å². The van der Waals surface area contributed by atoms with Crippen LogP contribution < -0.4 is 18.9 Å². The molecule has 0 saturated heterocycles. The summed E-state index contributed by atoms with van der Waals surface area (Å²) >= 11 is 0. The lowest BCUT2D eigenvalue weighted by atomic mass is 9.80. The molecule has 0 spiro atoms. The standard InChI is InChI=1S/C32H34O7S/c1-5-36-28-14-8-24(9-15-28)32(25-10-16-29(17-11-25)37-6-2,26-12-18-30(19-13-26)38-7-3)39-40(33,34)31-22-20-27(35-4)21-23-31/h8-23H,5-7H2,1-4H3. The minimum Gasteiger partial charge on any atom is -0.497 e. The van der Waals surface area contributed by atoms with E-state index in [1.165, 1.54) is 19.2 Å². The smallest absolute Gasteiger partial charge is 0.298 e. The van der Waals surface area contributed by atoms with Gasteiger partial charge >= 0.3 is 0 Å². The number of methoxy groups -OCH3 is 1. The lowest BCUT2D eigenvalue weighted by molar-refractivity contribution is 0.163. The lowest BCUT2D eigenvalue weighted by Gasteiger charge is -2.35. The highest BCUT2D eigenvalue weighted by molar-refractivity contribution is 7.86. The minimum absolute atomic E-state index is 0.000449. The molecule has 0 bridgehead atoms. The van der Waals surface area contributed by atoms with Crippen LogP contribution in [-0.4, -0.2) is 35.3 Å². The molecule has 40 heavy (non-hydrogen) atoms. The molecule has 0 saturated carbocycles. The number of hydrogen-bond donors (Lipinski definition) is 0. The summed E-state index contributed by atoms with van der Waals surface area (Å²) in [5.41, 5.74) is 0.239. The van der Waals surface area contributed by atoms with Crippen LogP contribution >= 0.6 is 0 Å². The molecule has 0 fully saturated rings. The van der Waals surface area contributed by atoms with Gasteiger partial charge in [0.1, 0.15) is 23.0 Å². The summed E-state index contributed by atoms with van der Waals surface area (Å²) in [6.45, 7) is 7.23. The molecular weight excluding hydrogens is 528 g/mol. The van der Waals surface area contributed by atoms with Crippen LogP contribution in [0.3, 0.4) is 0 Å². The Kier molecular flexibility index (Phi) is 9.34. The molecule has 0 aliphatic rings. The van der Waals surface area contributed by atoms with E-state index in [1.54, 1.807) is 48.5 Å². The molecule has 0 N–H and O–H groups in total. The Morgan fingerprint density at radius 2 is 0.850 bits per heavy atom. The van der Waals surface area contributed by atoms with Crippen LogP contribution in [0, 0.1) is 0 Å². The van der Waals surface area contributed by atoms with Crippen LogP contribution in [0.2, 0.25) is 0 Å². The van der Waals surface area contributed by atoms with E-state index >= 15 is 0 Å². The summed E-state index contributed by atoms with van der Waals surface area (Å²) in [6, 6.07) is 27.9. The van der Waals surface area contributed by atoms with Crippen molar-refractivity contribution >= 4 is 10.1 Å². The van der Waals surface area contributed by atoms with E-state index in [0.29, 0.717) is 59.5 Å². The molecule has 4 aromatic carbocycles. The predicted molar refractivity (Wildman–Crippen MR) is 154 cm³/mol. The van der Waals surface area contributed by atoms with Gasteiger partial charge in [-0.3, -0.25) is 0 Å². The Morgan fingerprint density at radius 1 is 0.525 bits per heavy atom. The van der Waals surface area contributed by atoms with Gasteiger partial charge in [0, 0.05) is 0 Å². The zero-order valence-electron chi connectivity index (χ0n) is 23.1. The van der Waals surface area contributed by atoms with E-state index in [2.05, 4.69) is 0 Å². The van der Waals surface area contributed by atoms with Crippen molar-refractivity contribution in [3.05, 3.63) is 114 Å². The van der Waals surface area contributed by atoms with Crippen LogP contribution in [-0.2, 0) is 19.9 Å². The second kappa shape index (κ2) is 12.9. The maximum absolute atomic E-state index is 13.9. The lowest BCUT2D eigenvalue weighted by Crippen LogP contribution is -2.35. The molecule has 210 valence electrons. The summed E-state index contributed by atoms with van der Waals surface area (Å²) in [7, 11) is -2.78. The van der Waals surface area contributed by atoms with Crippen molar-refractivity contribution in [1.82, 2.24) is 0 Å². The highest BCUT2D eigenvalue weighted by atomic mass is 32.2. The summed E-state index contributed by atoms with van der Waals surface area (Å²) in [5.74, 6) is 2.53. The van der Waals surface area contributed by atoms with E-state index in [1.807, 2.05) is 57.2 Å². The second-order valence-electron chi connectivity index (χ2n) is 8.77. The summed E-state index contributed by atoms with van der Waals surface area (Å²) in [5, 5.41) is 0. The topological polar surface area (TPSA) is 80.3 Å². The van der Waals surface area contributed by atoms with Crippen LogP contribution in [0.5, 0.6) is 23.0 Å². The van der Waals surface area contributed by atoms with Crippen molar-refractivity contribution in [2.45, 2.75) is 31.3 Å². The molecule has 0 aliphatic carbocycles. The summed E-state index contributed by atoms with van der Waals surface area (Å²) in [6.07, 6.45) is 0. The third kappa shape index (κ3) is 6.24. The van der Waals surface area contributed by atoms with E-state index in [4.69, 9.17) is 23.1 Å². The normalized spacial score (nSPS) is 11.6. The first-order valence-electron chi connectivity index (χ1n) is 13.2. The van der Waals surface area contributed by atoms with Crippen molar-refractivity contribution in [3.8, 4) is 23.0 Å². The maximum Gasteiger partial charge on any atom is 0.298 e. The van der Waals surface area contributed by atoms with Crippen LogP contribution in [0.25, 0.3) is 0 Å². The molecule has 4 rings (SSSR count). The van der Waals surface area contributed by atoms with Gasteiger partial charge in [0.2, 0.25) is 0 Å². The van der Waals surface area contributed by atoms with E-state index in [0.717, 1.165) is 0 Å². The Bertz CT molecular complexity index is 1340. The van der Waals surface area contributed by atoms with Crippen LogP contribution in [0.15, 0.2) is 102 Å². The number of benzene rings is 4. The van der Waals surface area contributed by atoms with Gasteiger partial charge in [0.25, 0.3) is 10.1 Å². The quantitative estimate of drug-likeness (QED) is 0.134. The number of rotatable bonds is 13. The van der Waals surface area contributed by atoms with Crippen LogP contribution in [0.4, 0.5) is 0 Å². The average Bonchev–Trinajstić information content (AvgIpc) is 2.98. The third-order valence-electron chi connectivity index (χ3n) is 6.30. The van der Waals surface area contributed by atoms with Crippen molar-refractivity contribution in [2.75, 3.05) is 26.9 Å². The van der Waals surface area contributed by atoms with Gasteiger partial charge in [-0.2, -0.15) is 8.42 Å². The van der Waals surface area contributed by atoms with E-state index in [-0.39, 0.29) is 4.90 Å². The highest BCUT2D eigenvalue weighted by Gasteiger charge is 2.43. The second-order valence-corrected chi connectivity index (χ2v) is 10.3. The van der Waals surface area contributed by atoms with Gasteiger partial charge in [-0.1, -0.05) is 36.4 Å². The fraction of sp³-hybridized carbons (Fsp3) is 0.250. The highest BCUT2D eigenvalue weighted by Crippen LogP contribution is 2.44. The SMILES string of the molecule is CCOc1ccc(C(OS(=O)(=O)c2ccc(OC)cc2)(c2ccc(OCC)cc2)c2ccc(OCC)cc2)cc1. The monoisotopic (exact) mass is 562 g/mol. The van der Waals surface area contributed by atoms with Gasteiger partial charge in [-0.05, 0) is 98.1 Å². The molecule has 8 heteroatoms. The van der Waals surface area contributed by atoms with Crippen molar-refractivity contribution in [2.24, 2.45) is 0 Å². The maximum atomic E-state index is 13.9. The van der Waals surface area contributed by atoms with Gasteiger partial charge in [0.05, 0.1) is 31.8 Å². The van der Waals surface area contributed by atoms with E-state index in [9.17, 15) is 8.42 Å². The number of ether oxygens (including phenoxy) is 4. The molecule has 4 aromatic rings. The number of hydrogen-bond acceptors (Lipinski definition) is 7. The van der Waals surface area contributed by atoms with E-state index < -0.39 is 15.7 Å². The largest absolute Gasteiger partial charge is 0.497 e. The summed E-state index contributed by atoms with van der Waals surface area (Å²) in [4.78, 5) is 0.000449. The van der Waals surface area contributed by atoms with Gasteiger partial charge in [-0.25, -0.2) is 4.18 Å². The fourth-order valence-corrected chi connectivity index (χ4v) is 5.64. The molecule has 0 aliphatic heterocycles. The first-order chi connectivity index (χ1) is 19.4. The predicted octanol–water partition coefficient (Wildman–Crippen LogP) is 6.59. The Hall–Kier alpha value is -4.01. The molecule has 0 heterocycles.